The van der Waals surface area contributed by atoms with E-state index in [-0.39, 0.29) is 11.3 Å². The van der Waals surface area contributed by atoms with Crippen LogP contribution < -0.4 is 4.72 Å². The zero-order chi connectivity index (χ0) is 15.5. The van der Waals surface area contributed by atoms with E-state index in [1.807, 2.05) is 6.92 Å². The Balaban J connectivity index is 2.23. The van der Waals surface area contributed by atoms with Crippen molar-refractivity contribution in [1.82, 2.24) is 0 Å². The maximum Gasteiger partial charge on any atom is 0.310 e. The van der Waals surface area contributed by atoms with Gasteiger partial charge in [0.05, 0.1) is 24.1 Å². The molecule has 0 aliphatic carbocycles. The van der Waals surface area contributed by atoms with Gasteiger partial charge in [-0.15, -0.1) is 11.3 Å². The molecule has 0 unspecified atom stereocenters. The molecule has 21 heavy (non-hydrogen) atoms. The standard InChI is InChI=1S/C14H15NO4S2/c1-10-3-5-11(6-4-10)21(17,18)15-12-7-8-20-13(12)9-14(16)19-2/h3-8,15H,9H2,1-2H3. The summed E-state index contributed by atoms with van der Waals surface area (Å²) in [4.78, 5) is 12.1. The highest BCUT2D eigenvalue weighted by Gasteiger charge is 2.18. The molecular formula is C14H15NO4S2. The van der Waals surface area contributed by atoms with Crippen molar-refractivity contribution in [3.63, 3.8) is 0 Å². The molecule has 0 saturated heterocycles. The molecule has 0 aliphatic heterocycles. The fraction of sp³-hybridized carbons (Fsp3) is 0.214. The van der Waals surface area contributed by atoms with Gasteiger partial charge in [0.15, 0.2) is 0 Å². The van der Waals surface area contributed by atoms with Crippen molar-refractivity contribution in [2.24, 2.45) is 0 Å². The van der Waals surface area contributed by atoms with E-state index in [4.69, 9.17) is 0 Å². The van der Waals surface area contributed by atoms with Gasteiger partial charge in [-0.05, 0) is 30.5 Å². The Bertz CT molecular complexity index is 733. The van der Waals surface area contributed by atoms with Crippen LogP contribution in [-0.2, 0) is 26.0 Å². The first-order valence-corrected chi connectivity index (χ1v) is 8.51. The summed E-state index contributed by atoms with van der Waals surface area (Å²) in [6.07, 6.45) is 0.0416. The molecule has 112 valence electrons. The van der Waals surface area contributed by atoms with Crippen LogP contribution in [0.15, 0.2) is 40.6 Å². The van der Waals surface area contributed by atoms with Gasteiger partial charge in [0.25, 0.3) is 10.0 Å². The third-order valence-electron chi connectivity index (χ3n) is 2.85. The Kier molecular flexibility index (Phi) is 4.64. The van der Waals surface area contributed by atoms with Crippen molar-refractivity contribution in [3.8, 4) is 0 Å². The lowest BCUT2D eigenvalue weighted by Gasteiger charge is -2.09. The van der Waals surface area contributed by atoms with Gasteiger partial charge in [-0.25, -0.2) is 8.42 Å². The number of rotatable bonds is 5. The molecular weight excluding hydrogens is 310 g/mol. The molecule has 0 aliphatic rings. The van der Waals surface area contributed by atoms with E-state index >= 15 is 0 Å². The molecule has 2 rings (SSSR count). The normalized spacial score (nSPS) is 11.1. The molecule has 0 fully saturated rings. The largest absolute Gasteiger partial charge is 0.469 e. The average Bonchev–Trinajstić information content (AvgIpc) is 2.85. The van der Waals surface area contributed by atoms with E-state index in [1.165, 1.54) is 18.4 Å². The number of thiophene rings is 1. The third-order valence-corrected chi connectivity index (χ3v) is 5.16. The second-order valence-corrected chi connectivity index (χ2v) is 7.11. The molecule has 2 aromatic rings. The molecule has 0 amide bonds. The molecule has 0 bridgehead atoms. The van der Waals surface area contributed by atoms with Crippen molar-refractivity contribution in [2.75, 3.05) is 11.8 Å². The first kappa shape index (κ1) is 15.5. The van der Waals surface area contributed by atoms with E-state index in [2.05, 4.69) is 9.46 Å². The first-order chi connectivity index (χ1) is 9.92. The van der Waals surface area contributed by atoms with Crippen molar-refractivity contribution < 1.29 is 17.9 Å². The number of carbonyl (C=O) groups is 1. The predicted octanol–water partition coefficient (Wildman–Crippen LogP) is 2.57. The predicted molar refractivity (Wildman–Crippen MR) is 82.0 cm³/mol. The number of benzene rings is 1. The number of ether oxygens (including phenoxy) is 1. The summed E-state index contributed by atoms with van der Waals surface area (Å²) in [7, 11) is -2.36. The number of methoxy groups -OCH3 is 1. The van der Waals surface area contributed by atoms with Crippen LogP contribution in [0.4, 0.5) is 5.69 Å². The maximum absolute atomic E-state index is 12.3. The second-order valence-electron chi connectivity index (χ2n) is 4.43. The zero-order valence-electron chi connectivity index (χ0n) is 11.6. The third kappa shape index (κ3) is 3.83. The van der Waals surface area contributed by atoms with Gasteiger partial charge >= 0.3 is 5.97 Å². The highest BCUT2D eigenvalue weighted by Crippen LogP contribution is 2.26. The van der Waals surface area contributed by atoms with Gasteiger partial charge in [-0.2, -0.15) is 0 Å². The van der Waals surface area contributed by atoms with Gasteiger partial charge in [-0.1, -0.05) is 17.7 Å². The van der Waals surface area contributed by atoms with Crippen LogP contribution in [0.5, 0.6) is 0 Å². The van der Waals surface area contributed by atoms with E-state index in [0.29, 0.717) is 10.6 Å². The average molecular weight is 325 g/mol. The summed E-state index contributed by atoms with van der Waals surface area (Å²) in [5, 5.41) is 1.73. The Morgan fingerprint density at radius 1 is 1.24 bits per heavy atom. The number of sulfonamides is 1. The van der Waals surface area contributed by atoms with Gasteiger partial charge in [-0.3, -0.25) is 9.52 Å². The van der Waals surface area contributed by atoms with Crippen molar-refractivity contribution >= 4 is 33.0 Å². The minimum absolute atomic E-state index is 0.0416. The van der Waals surface area contributed by atoms with Gasteiger partial charge < -0.3 is 4.74 Å². The monoisotopic (exact) mass is 325 g/mol. The van der Waals surface area contributed by atoms with Gasteiger partial charge in [0.2, 0.25) is 0 Å². The van der Waals surface area contributed by atoms with E-state index in [9.17, 15) is 13.2 Å². The number of carbonyl (C=O) groups excluding carboxylic acids is 1. The minimum Gasteiger partial charge on any atom is -0.469 e. The van der Waals surface area contributed by atoms with E-state index in [1.54, 1.807) is 35.7 Å². The second kappa shape index (κ2) is 6.28. The minimum atomic E-state index is -3.66. The summed E-state index contributed by atoms with van der Waals surface area (Å²) in [5.41, 5.74) is 1.39. The number of nitrogens with one attached hydrogen (secondary N) is 1. The fourth-order valence-electron chi connectivity index (χ4n) is 1.69. The topological polar surface area (TPSA) is 72.5 Å². The lowest BCUT2D eigenvalue weighted by molar-refractivity contribution is -0.139. The van der Waals surface area contributed by atoms with E-state index in [0.717, 1.165) is 5.56 Å². The lowest BCUT2D eigenvalue weighted by atomic mass is 10.2. The van der Waals surface area contributed by atoms with E-state index < -0.39 is 16.0 Å². The van der Waals surface area contributed by atoms with Crippen LogP contribution in [0.25, 0.3) is 0 Å². The van der Waals surface area contributed by atoms with Crippen molar-refractivity contribution in [2.45, 2.75) is 18.2 Å². The summed E-state index contributed by atoms with van der Waals surface area (Å²) in [6, 6.07) is 8.19. The highest BCUT2D eigenvalue weighted by molar-refractivity contribution is 7.92. The number of anilines is 1. The molecule has 0 spiro atoms. The number of aryl methyl sites for hydroxylation is 1. The molecule has 0 radical (unpaired) electrons. The SMILES string of the molecule is COC(=O)Cc1sccc1NS(=O)(=O)c1ccc(C)cc1. The highest BCUT2D eigenvalue weighted by atomic mass is 32.2. The number of hydrogen-bond acceptors (Lipinski definition) is 5. The van der Waals surface area contributed by atoms with Crippen LogP contribution in [0, 0.1) is 6.92 Å². The van der Waals surface area contributed by atoms with Crippen LogP contribution in [0.1, 0.15) is 10.4 Å². The van der Waals surface area contributed by atoms with Crippen molar-refractivity contribution in [1.29, 1.82) is 0 Å². The quantitative estimate of drug-likeness (QED) is 0.858. The van der Waals surface area contributed by atoms with Crippen LogP contribution in [-0.4, -0.2) is 21.5 Å². The molecule has 1 N–H and O–H groups in total. The Morgan fingerprint density at radius 2 is 1.90 bits per heavy atom. The maximum atomic E-state index is 12.3. The molecule has 1 heterocycles. The molecule has 0 saturated carbocycles. The zero-order valence-corrected chi connectivity index (χ0v) is 13.3. The summed E-state index contributed by atoms with van der Waals surface area (Å²) >= 11 is 1.30. The molecule has 1 aromatic heterocycles. The fourth-order valence-corrected chi connectivity index (χ4v) is 3.67. The van der Waals surface area contributed by atoms with Crippen LogP contribution in [0.2, 0.25) is 0 Å². The molecule has 1 aromatic carbocycles. The van der Waals surface area contributed by atoms with Gasteiger partial charge in [0.1, 0.15) is 0 Å². The summed E-state index contributed by atoms with van der Waals surface area (Å²) in [6.45, 7) is 1.89. The van der Waals surface area contributed by atoms with Crippen LogP contribution >= 0.6 is 11.3 Å². The number of esters is 1. The lowest BCUT2D eigenvalue weighted by Crippen LogP contribution is -2.14. The molecule has 7 heteroatoms. The smallest absolute Gasteiger partial charge is 0.310 e. The number of hydrogen-bond donors (Lipinski definition) is 1. The Hall–Kier alpha value is -1.86. The summed E-state index contributed by atoms with van der Waals surface area (Å²) in [5.74, 6) is -0.409. The first-order valence-electron chi connectivity index (χ1n) is 6.15. The Morgan fingerprint density at radius 3 is 2.52 bits per heavy atom. The summed E-state index contributed by atoms with van der Waals surface area (Å²) < 4.78 is 31.7. The van der Waals surface area contributed by atoms with Gasteiger partial charge in [0, 0.05) is 4.88 Å². The van der Waals surface area contributed by atoms with Crippen LogP contribution in [0.3, 0.4) is 0 Å². The Labute approximate surface area is 127 Å². The molecule has 0 atom stereocenters. The molecule has 5 nitrogen and oxygen atoms in total. The van der Waals surface area contributed by atoms with Crippen molar-refractivity contribution in [3.05, 3.63) is 46.2 Å².